The van der Waals surface area contributed by atoms with Gasteiger partial charge in [-0.15, -0.1) is 0 Å². The lowest BCUT2D eigenvalue weighted by Gasteiger charge is -2.36. The van der Waals surface area contributed by atoms with Gasteiger partial charge in [0.25, 0.3) is 0 Å². The van der Waals surface area contributed by atoms with Crippen molar-refractivity contribution in [2.75, 3.05) is 44.3 Å². The summed E-state index contributed by atoms with van der Waals surface area (Å²) in [4.78, 5) is 28.1. The van der Waals surface area contributed by atoms with Crippen LogP contribution in [0, 0.1) is 0 Å². The van der Waals surface area contributed by atoms with Crippen molar-refractivity contribution in [2.24, 2.45) is 0 Å². The van der Waals surface area contributed by atoms with Gasteiger partial charge in [-0.1, -0.05) is 48.5 Å². The number of piperazine rings is 1. The van der Waals surface area contributed by atoms with Crippen molar-refractivity contribution in [3.8, 4) is 0 Å². The zero-order chi connectivity index (χ0) is 18.9. The van der Waals surface area contributed by atoms with Crippen molar-refractivity contribution in [2.45, 2.75) is 6.54 Å². The molecule has 1 N–H and O–H groups in total. The van der Waals surface area contributed by atoms with Crippen LogP contribution in [0.5, 0.6) is 0 Å². The summed E-state index contributed by atoms with van der Waals surface area (Å²) in [6.07, 6.45) is 0. The number of hydrogen-bond acceptors (Lipinski definition) is 4. The van der Waals surface area contributed by atoms with E-state index in [9.17, 15) is 9.59 Å². The maximum absolute atomic E-state index is 12.3. The topological polar surface area (TPSA) is 61.9 Å². The number of nitrogens with zero attached hydrogens (tertiary/aromatic N) is 2. The number of nitrogens with one attached hydrogen (secondary N) is 1. The smallest absolute Gasteiger partial charge is 0.248 e. The molecule has 2 aromatic carbocycles. The molecule has 0 saturated carbocycles. The highest BCUT2D eigenvalue weighted by atomic mass is 16.5. The molecule has 0 atom stereocenters. The number of ether oxygens (including phenoxy) is 1. The SMILES string of the molecule is O=C(COCC(=O)N1CCN(c2ccccc2)CC1)NCc1ccccc1. The average Bonchev–Trinajstić information content (AvgIpc) is 2.74. The van der Waals surface area contributed by atoms with Crippen LogP contribution in [0.25, 0.3) is 0 Å². The van der Waals surface area contributed by atoms with E-state index in [4.69, 9.17) is 4.74 Å². The lowest BCUT2D eigenvalue weighted by molar-refractivity contribution is -0.138. The van der Waals surface area contributed by atoms with Crippen molar-refractivity contribution < 1.29 is 14.3 Å². The predicted molar refractivity (Wildman–Crippen MR) is 104 cm³/mol. The van der Waals surface area contributed by atoms with Gasteiger partial charge in [-0.2, -0.15) is 0 Å². The molecule has 0 aliphatic carbocycles. The monoisotopic (exact) mass is 367 g/mol. The van der Waals surface area contributed by atoms with Crippen LogP contribution in [0.3, 0.4) is 0 Å². The summed E-state index contributed by atoms with van der Waals surface area (Å²) in [5.74, 6) is -0.292. The van der Waals surface area contributed by atoms with Gasteiger partial charge in [0.2, 0.25) is 11.8 Å². The Labute approximate surface area is 159 Å². The van der Waals surface area contributed by atoms with Crippen molar-refractivity contribution in [3.63, 3.8) is 0 Å². The molecule has 6 heteroatoms. The van der Waals surface area contributed by atoms with Crippen LogP contribution in [0.4, 0.5) is 5.69 Å². The third-order valence-electron chi connectivity index (χ3n) is 4.54. The highest BCUT2D eigenvalue weighted by Crippen LogP contribution is 2.15. The fraction of sp³-hybridized carbons (Fsp3) is 0.333. The van der Waals surface area contributed by atoms with Crippen LogP contribution in [-0.4, -0.2) is 56.1 Å². The molecule has 2 aromatic rings. The summed E-state index contributed by atoms with van der Waals surface area (Å²) < 4.78 is 5.29. The van der Waals surface area contributed by atoms with Gasteiger partial charge in [0.15, 0.2) is 0 Å². The number of carbonyl (C=O) groups is 2. The molecule has 6 nitrogen and oxygen atoms in total. The van der Waals surface area contributed by atoms with Crippen LogP contribution in [-0.2, 0) is 20.9 Å². The molecule has 0 unspecified atom stereocenters. The van der Waals surface area contributed by atoms with Gasteiger partial charge in [-0.05, 0) is 17.7 Å². The maximum Gasteiger partial charge on any atom is 0.248 e. The van der Waals surface area contributed by atoms with Crippen molar-refractivity contribution >= 4 is 17.5 Å². The van der Waals surface area contributed by atoms with Crippen LogP contribution >= 0.6 is 0 Å². The Hall–Kier alpha value is -2.86. The van der Waals surface area contributed by atoms with Gasteiger partial charge < -0.3 is 19.9 Å². The van der Waals surface area contributed by atoms with Gasteiger partial charge in [0.05, 0.1) is 0 Å². The summed E-state index contributed by atoms with van der Waals surface area (Å²) in [7, 11) is 0. The molecule has 0 bridgehead atoms. The minimum absolute atomic E-state index is 0.0654. The summed E-state index contributed by atoms with van der Waals surface area (Å²) in [5, 5.41) is 2.78. The van der Waals surface area contributed by atoms with Gasteiger partial charge in [0, 0.05) is 38.4 Å². The van der Waals surface area contributed by atoms with E-state index in [1.54, 1.807) is 4.90 Å². The lowest BCUT2D eigenvalue weighted by Crippen LogP contribution is -2.50. The van der Waals surface area contributed by atoms with E-state index in [1.807, 2.05) is 48.5 Å². The largest absolute Gasteiger partial charge is 0.368 e. The van der Waals surface area contributed by atoms with E-state index in [2.05, 4.69) is 22.3 Å². The maximum atomic E-state index is 12.3. The molecule has 1 saturated heterocycles. The Morgan fingerprint density at radius 3 is 2.15 bits per heavy atom. The minimum atomic E-state index is -0.222. The molecule has 0 aromatic heterocycles. The van der Waals surface area contributed by atoms with Crippen LogP contribution in [0.15, 0.2) is 60.7 Å². The fourth-order valence-corrected chi connectivity index (χ4v) is 3.02. The molecule has 1 aliphatic heterocycles. The third-order valence-corrected chi connectivity index (χ3v) is 4.54. The summed E-state index contributed by atoms with van der Waals surface area (Å²) in [5.41, 5.74) is 2.20. The number of carbonyl (C=O) groups excluding carboxylic acids is 2. The fourth-order valence-electron chi connectivity index (χ4n) is 3.02. The van der Waals surface area contributed by atoms with E-state index >= 15 is 0 Å². The van der Waals surface area contributed by atoms with E-state index in [1.165, 1.54) is 5.69 Å². The first kappa shape index (κ1) is 18.9. The normalized spacial score (nSPS) is 14.1. The van der Waals surface area contributed by atoms with Crippen molar-refractivity contribution in [1.29, 1.82) is 0 Å². The molecule has 3 rings (SSSR count). The van der Waals surface area contributed by atoms with Gasteiger partial charge >= 0.3 is 0 Å². The number of rotatable bonds is 7. The number of amides is 2. The first-order chi connectivity index (χ1) is 13.2. The molecule has 27 heavy (non-hydrogen) atoms. The summed E-state index contributed by atoms with van der Waals surface area (Å²) in [6.45, 7) is 3.21. The molecule has 142 valence electrons. The summed E-state index contributed by atoms with van der Waals surface area (Å²) in [6, 6.07) is 19.9. The second-order valence-corrected chi connectivity index (χ2v) is 6.46. The second kappa shape index (κ2) is 9.73. The average molecular weight is 367 g/mol. The highest BCUT2D eigenvalue weighted by molar-refractivity contribution is 5.79. The van der Waals surface area contributed by atoms with E-state index in [0.29, 0.717) is 19.6 Å². The van der Waals surface area contributed by atoms with Gasteiger partial charge in [-0.25, -0.2) is 0 Å². The lowest BCUT2D eigenvalue weighted by atomic mass is 10.2. The second-order valence-electron chi connectivity index (χ2n) is 6.46. The zero-order valence-electron chi connectivity index (χ0n) is 15.3. The zero-order valence-corrected chi connectivity index (χ0v) is 15.3. The standard InChI is InChI=1S/C21H25N3O3/c25-20(22-15-18-7-3-1-4-8-18)16-27-17-21(26)24-13-11-23(12-14-24)19-9-5-2-6-10-19/h1-10H,11-17H2,(H,22,25). The predicted octanol–water partition coefficient (Wildman–Crippen LogP) is 1.67. The number of hydrogen-bond donors (Lipinski definition) is 1. The minimum Gasteiger partial charge on any atom is -0.368 e. The Bertz CT molecular complexity index is 729. The van der Waals surface area contributed by atoms with Crippen LogP contribution in [0.2, 0.25) is 0 Å². The number of para-hydroxylation sites is 1. The third kappa shape index (κ3) is 5.82. The van der Waals surface area contributed by atoms with Crippen LogP contribution < -0.4 is 10.2 Å². The molecule has 0 spiro atoms. The Kier molecular flexibility index (Phi) is 6.82. The van der Waals surface area contributed by atoms with Crippen molar-refractivity contribution in [3.05, 3.63) is 66.2 Å². The van der Waals surface area contributed by atoms with Crippen LogP contribution in [0.1, 0.15) is 5.56 Å². The Morgan fingerprint density at radius 2 is 1.48 bits per heavy atom. The molecule has 1 heterocycles. The number of anilines is 1. The molecule has 2 amide bonds. The Morgan fingerprint density at radius 1 is 0.852 bits per heavy atom. The molecule has 1 fully saturated rings. The number of benzene rings is 2. The first-order valence-electron chi connectivity index (χ1n) is 9.18. The van der Waals surface area contributed by atoms with Crippen molar-refractivity contribution in [1.82, 2.24) is 10.2 Å². The molecule has 1 aliphatic rings. The van der Waals surface area contributed by atoms with E-state index in [0.717, 1.165) is 18.7 Å². The molecular weight excluding hydrogens is 342 g/mol. The first-order valence-corrected chi connectivity index (χ1v) is 9.18. The molecule has 0 radical (unpaired) electrons. The van der Waals surface area contributed by atoms with E-state index in [-0.39, 0.29) is 25.0 Å². The van der Waals surface area contributed by atoms with Gasteiger partial charge in [-0.3, -0.25) is 9.59 Å². The molecular formula is C21H25N3O3. The highest BCUT2D eigenvalue weighted by Gasteiger charge is 2.21. The van der Waals surface area contributed by atoms with E-state index < -0.39 is 0 Å². The Balaban J connectivity index is 1.32. The van der Waals surface area contributed by atoms with Gasteiger partial charge in [0.1, 0.15) is 13.2 Å². The summed E-state index contributed by atoms with van der Waals surface area (Å²) >= 11 is 0. The quantitative estimate of drug-likeness (QED) is 0.809.